The lowest BCUT2D eigenvalue weighted by atomic mass is 10.1. The fraction of sp³-hybridized carbons (Fsp3) is 0.625. The number of carbonyl (C=O) groups excluding carboxylic acids is 1. The lowest BCUT2D eigenvalue weighted by molar-refractivity contribution is -0.118. The van der Waals surface area contributed by atoms with Crippen molar-refractivity contribution in [2.75, 3.05) is 0 Å². The molecule has 1 nitrogen and oxygen atoms in total. The predicted octanol–water partition coefficient (Wildman–Crippen LogP) is 1.62. The molecule has 0 bridgehead atoms. The summed E-state index contributed by atoms with van der Waals surface area (Å²) < 4.78 is 0. The number of terminal acetylenes is 1. The molecule has 0 aromatic carbocycles. The van der Waals surface area contributed by atoms with Crippen LogP contribution < -0.4 is 0 Å². The summed E-state index contributed by atoms with van der Waals surface area (Å²) in [5.41, 5.74) is 0. The first-order valence-corrected chi connectivity index (χ1v) is 3.12. The average Bonchev–Trinajstić information content (AvgIpc) is 1.63. The zero-order valence-electron chi connectivity index (χ0n) is 5.98. The summed E-state index contributed by atoms with van der Waals surface area (Å²) in [6, 6.07) is 0. The number of carbonyl (C=O) groups is 1. The molecular weight excluding hydrogens is 112 g/mol. The van der Waals surface area contributed by atoms with Crippen LogP contribution in [0.1, 0.15) is 26.7 Å². The predicted molar refractivity (Wildman–Crippen MR) is 37.9 cm³/mol. The molecule has 0 saturated carbocycles. The van der Waals surface area contributed by atoms with Gasteiger partial charge in [0.2, 0.25) is 0 Å². The fourth-order valence-corrected chi connectivity index (χ4v) is 0.641. The van der Waals surface area contributed by atoms with Gasteiger partial charge in [-0.25, -0.2) is 0 Å². The van der Waals surface area contributed by atoms with Crippen LogP contribution in [0.5, 0.6) is 0 Å². The summed E-state index contributed by atoms with van der Waals surface area (Å²) in [4.78, 5) is 10.7. The Morgan fingerprint density at radius 2 is 2.22 bits per heavy atom. The second-order valence-corrected chi connectivity index (χ2v) is 2.52. The third-order valence-electron chi connectivity index (χ3n) is 0.935. The van der Waals surface area contributed by atoms with Gasteiger partial charge in [-0.05, 0) is 5.92 Å². The Morgan fingerprint density at radius 1 is 1.67 bits per heavy atom. The van der Waals surface area contributed by atoms with Crippen molar-refractivity contribution in [2.24, 2.45) is 5.92 Å². The molecular formula is C8H12O. The number of ketones is 1. The van der Waals surface area contributed by atoms with Crippen molar-refractivity contribution in [3.8, 4) is 12.3 Å². The average molecular weight is 124 g/mol. The lowest BCUT2D eigenvalue weighted by Crippen LogP contribution is -2.00. The molecule has 0 radical (unpaired) electrons. The van der Waals surface area contributed by atoms with E-state index in [9.17, 15) is 4.79 Å². The highest BCUT2D eigenvalue weighted by Crippen LogP contribution is 2.01. The molecule has 0 saturated heterocycles. The van der Waals surface area contributed by atoms with Crippen LogP contribution in [-0.4, -0.2) is 5.78 Å². The quantitative estimate of drug-likeness (QED) is 0.522. The highest BCUT2D eigenvalue weighted by molar-refractivity contribution is 5.80. The maximum absolute atomic E-state index is 10.7. The Balaban J connectivity index is 3.42. The van der Waals surface area contributed by atoms with Gasteiger partial charge in [0.25, 0.3) is 0 Å². The van der Waals surface area contributed by atoms with Crippen molar-refractivity contribution in [3.05, 3.63) is 0 Å². The molecule has 50 valence electrons. The van der Waals surface area contributed by atoms with E-state index in [2.05, 4.69) is 5.92 Å². The van der Waals surface area contributed by atoms with Crippen LogP contribution in [0.2, 0.25) is 0 Å². The number of hydrogen-bond acceptors (Lipinski definition) is 1. The van der Waals surface area contributed by atoms with Gasteiger partial charge in [-0.1, -0.05) is 19.8 Å². The lowest BCUT2D eigenvalue weighted by Gasteiger charge is -1.98. The molecule has 0 rings (SSSR count). The molecule has 0 heterocycles. The molecule has 0 N–H and O–H groups in total. The van der Waals surface area contributed by atoms with Crippen LogP contribution in [0, 0.1) is 18.3 Å². The second-order valence-electron chi connectivity index (χ2n) is 2.52. The van der Waals surface area contributed by atoms with Crippen molar-refractivity contribution < 1.29 is 4.79 Å². The standard InChI is InChI=1S/C8H12O/c1-4-5-8(9)6-7(2)3/h1,7H,5-6H2,2-3H3. The van der Waals surface area contributed by atoms with Gasteiger partial charge in [0.1, 0.15) is 5.78 Å². The van der Waals surface area contributed by atoms with Crippen LogP contribution in [0.25, 0.3) is 0 Å². The SMILES string of the molecule is C#CCC(=O)CC(C)C. The molecule has 0 aromatic rings. The molecule has 1 heteroatoms. The van der Waals surface area contributed by atoms with Crippen LogP contribution in [-0.2, 0) is 4.79 Å². The molecule has 0 unspecified atom stereocenters. The monoisotopic (exact) mass is 124 g/mol. The minimum absolute atomic E-state index is 0.174. The van der Waals surface area contributed by atoms with Gasteiger partial charge >= 0.3 is 0 Å². The van der Waals surface area contributed by atoms with Gasteiger partial charge in [-0.2, -0.15) is 0 Å². The molecule has 0 aliphatic carbocycles. The summed E-state index contributed by atoms with van der Waals surface area (Å²) >= 11 is 0. The Bertz CT molecular complexity index is 128. The summed E-state index contributed by atoms with van der Waals surface area (Å²) in [5.74, 6) is 2.93. The maximum atomic E-state index is 10.7. The van der Waals surface area contributed by atoms with E-state index in [1.54, 1.807) is 0 Å². The molecule has 9 heavy (non-hydrogen) atoms. The van der Waals surface area contributed by atoms with Gasteiger partial charge < -0.3 is 0 Å². The number of rotatable bonds is 3. The maximum Gasteiger partial charge on any atom is 0.144 e. The Morgan fingerprint density at radius 3 is 2.56 bits per heavy atom. The van der Waals surface area contributed by atoms with E-state index in [1.165, 1.54) is 0 Å². The topological polar surface area (TPSA) is 17.1 Å². The summed E-state index contributed by atoms with van der Waals surface area (Å²) in [7, 11) is 0. The minimum atomic E-state index is 0.174. The van der Waals surface area contributed by atoms with E-state index < -0.39 is 0 Å². The zero-order chi connectivity index (χ0) is 7.28. The first kappa shape index (κ1) is 8.23. The largest absolute Gasteiger partial charge is 0.299 e. The van der Waals surface area contributed by atoms with E-state index in [0.29, 0.717) is 12.3 Å². The summed E-state index contributed by atoms with van der Waals surface area (Å²) in [6.45, 7) is 4.02. The first-order valence-electron chi connectivity index (χ1n) is 3.12. The van der Waals surface area contributed by atoms with E-state index in [-0.39, 0.29) is 12.2 Å². The van der Waals surface area contributed by atoms with E-state index in [4.69, 9.17) is 6.42 Å². The van der Waals surface area contributed by atoms with Gasteiger partial charge in [0.15, 0.2) is 0 Å². The van der Waals surface area contributed by atoms with Gasteiger partial charge in [-0.15, -0.1) is 6.42 Å². The Labute approximate surface area is 56.5 Å². The van der Waals surface area contributed by atoms with E-state index in [1.807, 2.05) is 13.8 Å². The van der Waals surface area contributed by atoms with Crippen LogP contribution >= 0.6 is 0 Å². The molecule has 0 atom stereocenters. The van der Waals surface area contributed by atoms with Gasteiger partial charge in [-0.3, -0.25) is 4.79 Å². The normalized spacial score (nSPS) is 9.11. The Hall–Kier alpha value is -0.770. The summed E-state index contributed by atoms with van der Waals surface area (Å²) in [6.07, 6.45) is 5.84. The van der Waals surface area contributed by atoms with Gasteiger partial charge in [0, 0.05) is 6.42 Å². The van der Waals surface area contributed by atoms with Crippen LogP contribution in [0.4, 0.5) is 0 Å². The molecule has 0 spiro atoms. The molecule has 0 amide bonds. The van der Waals surface area contributed by atoms with Crippen molar-refractivity contribution in [1.82, 2.24) is 0 Å². The minimum Gasteiger partial charge on any atom is -0.299 e. The van der Waals surface area contributed by atoms with Gasteiger partial charge in [0.05, 0.1) is 6.42 Å². The van der Waals surface area contributed by atoms with E-state index >= 15 is 0 Å². The smallest absolute Gasteiger partial charge is 0.144 e. The molecule has 0 aliphatic rings. The van der Waals surface area contributed by atoms with Crippen molar-refractivity contribution in [1.29, 1.82) is 0 Å². The number of Topliss-reactive ketones (excluding diaryl/α,β-unsaturated/α-hetero) is 1. The fourth-order valence-electron chi connectivity index (χ4n) is 0.641. The summed E-state index contributed by atoms with van der Waals surface area (Å²) in [5, 5.41) is 0. The highest BCUT2D eigenvalue weighted by atomic mass is 16.1. The van der Waals surface area contributed by atoms with E-state index in [0.717, 1.165) is 0 Å². The van der Waals surface area contributed by atoms with Crippen LogP contribution in [0.3, 0.4) is 0 Å². The third kappa shape index (κ3) is 5.10. The van der Waals surface area contributed by atoms with Crippen molar-refractivity contribution >= 4 is 5.78 Å². The number of hydrogen-bond donors (Lipinski definition) is 0. The Kier molecular flexibility index (Phi) is 3.79. The van der Waals surface area contributed by atoms with Crippen LogP contribution in [0.15, 0.2) is 0 Å². The zero-order valence-corrected chi connectivity index (χ0v) is 5.98. The highest BCUT2D eigenvalue weighted by Gasteiger charge is 2.01. The second kappa shape index (κ2) is 4.14. The molecule has 0 aromatic heterocycles. The van der Waals surface area contributed by atoms with Crippen molar-refractivity contribution in [3.63, 3.8) is 0 Å². The first-order chi connectivity index (χ1) is 4.16. The third-order valence-corrected chi connectivity index (χ3v) is 0.935. The molecule has 0 fully saturated rings. The van der Waals surface area contributed by atoms with Crippen molar-refractivity contribution in [2.45, 2.75) is 26.7 Å². The molecule has 0 aliphatic heterocycles.